The summed E-state index contributed by atoms with van der Waals surface area (Å²) < 4.78 is 45.7. The standard InChI is InChI=1S/C24H24F3N5O4/c1-4-15-9-14(5-6-20(15)36-17-7-8-29-18(11-17)21(33)28-2)12-30-23(35)31-19-10-16(24(25,26)27)13-32(3)22(19)34/h5-11,13H,4,12H2,1-3H3,(H,28,33)(H2,30,31,35). The molecule has 2 heterocycles. The molecule has 0 bridgehead atoms. The summed E-state index contributed by atoms with van der Waals surface area (Å²) in [6.07, 6.45) is -1.95. The molecule has 0 fully saturated rings. The van der Waals surface area contributed by atoms with Gasteiger partial charge in [0.15, 0.2) is 0 Å². The maximum atomic E-state index is 13.0. The van der Waals surface area contributed by atoms with E-state index >= 15 is 0 Å². The molecule has 0 unspecified atom stereocenters. The van der Waals surface area contributed by atoms with Crippen LogP contribution in [0.25, 0.3) is 0 Å². The van der Waals surface area contributed by atoms with Crippen LogP contribution < -0.4 is 26.2 Å². The van der Waals surface area contributed by atoms with Crippen LogP contribution in [0.3, 0.4) is 0 Å². The molecule has 0 spiro atoms. The van der Waals surface area contributed by atoms with Crippen molar-refractivity contribution in [3.05, 3.63) is 81.5 Å². The van der Waals surface area contributed by atoms with Gasteiger partial charge in [-0.2, -0.15) is 13.2 Å². The number of ether oxygens (including phenoxy) is 1. The van der Waals surface area contributed by atoms with Crippen LogP contribution in [0.5, 0.6) is 11.5 Å². The molecule has 190 valence electrons. The van der Waals surface area contributed by atoms with E-state index in [0.29, 0.717) is 35.7 Å². The number of hydrogen-bond donors (Lipinski definition) is 3. The topological polar surface area (TPSA) is 114 Å². The molecule has 12 heteroatoms. The predicted molar refractivity (Wildman–Crippen MR) is 126 cm³/mol. The molecule has 0 aliphatic carbocycles. The molecule has 0 radical (unpaired) electrons. The van der Waals surface area contributed by atoms with Crippen LogP contribution in [-0.2, 0) is 26.2 Å². The van der Waals surface area contributed by atoms with Gasteiger partial charge in [-0.25, -0.2) is 4.79 Å². The van der Waals surface area contributed by atoms with E-state index in [4.69, 9.17) is 4.74 Å². The zero-order valence-electron chi connectivity index (χ0n) is 19.7. The minimum atomic E-state index is -4.67. The van der Waals surface area contributed by atoms with Gasteiger partial charge in [0.05, 0.1) is 5.56 Å². The highest BCUT2D eigenvalue weighted by Crippen LogP contribution is 2.30. The Bertz CT molecular complexity index is 1340. The van der Waals surface area contributed by atoms with Crippen molar-refractivity contribution in [1.29, 1.82) is 0 Å². The van der Waals surface area contributed by atoms with Crippen LogP contribution in [0.15, 0.2) is 53.6 Å². The van der Waals surface area contributed by atoms with Crippen LogP contribution in [0.2, 0.25) is 0 Å². The van der Waals surface area contributed by atoms with Crippen LogP contribution in [-0.4, -0.2) is 28.5 Å². The Morgan fingerprint density at radius 1 is 1.14 bits per heavy atom. The number of carbonyl (C=O) groups excluding carboxylic acids is 2. The zero-order chi connectivity index (χ0) is 26.5. The molecule has 0 aliphatic rings. The van der Waals surface area contributed by atoms with Gasteiger partial charge in [-0.3, -0.25) is 14.6 Å². The monoisotopic (exact) mass is 503 g/mol. The van der Waals surface area contributed by atoms with Crippen LogP contribution >= 0.6 is 0 Å². The average molecular weight is 503 g/mol. The minimum absolute atomic E-state index is 0.0501. The molecule has 0 atom stereocenters. The summed E-state index contributed by atoms with van der Waals surface area (Å²) in [5, 5.41) is 7.20. The van der Waals surface area contributed by atoms with Crippen molar-refractivity contribution >= 4 is 17.6 Å². The molecular formula is C24H24F3N5O4. The lowest BCUT2D eigenvalue weighted by molar-refractivity contribution is -0.138. The number of amides is 3. The Morgan fingerprint density at radius 3 is 2.56 bits per heavy atom. The summed E-state index contributed by atoms with van der Waals surface area (Å²) in [5.74, 6) is 0.622. The average Bonchev–Trinajstić information content (AvgIpc) is 2.85. The van der Waals surface area contributed by atoms with Gasteiger partial charge in [0, 0.05) is 39.1 Å². The second kappa shape index (κ2) is 10.9. The summed E-state index contributed by atoms with van der Waals surface area (Å²) in [6, 6.07) is 8.11. The maximum absolute atomic E-state index is 13.0. The number of hydrogen-bond acceptors (Lipinski definition) is 5. The summed E-state index contributed by atoms with van der Waals surface area (Å²) in [4.78, 5) is 40.2. The highest BCUT2D eigenvalue weighted by molar-refractivity contribution is 5.92. The van der Waals surface area contributed by atoms with Crippen LogP contribution in [0.4, 0.5) is 23.7 Å². The van der Waals surface area contributed by atoms with Gasteiger partial charge in [-0.15, -0.1) is 0 Å². The van der Waals surface area contributed by atoms with E-state index in [1.54, 1.807) is 24.3 Å². The Balaban J connectivity index is 1.69. The van der Waals surface area contributed by atoms with E-state index in [1.807, 2.05) is 6.92 Å². The van der Waals surface area contributed by atoms with Crippen molar-refractivity contribution in [3.8, 4) is 11.5 Å². The normalized spacial score (nSPS) is 11.1. The number of nitrogens with zero attached hydrogens (tertiary/aromatic N) is 2. The SMILES string of the molecule is CCc1cc(CNC(=O)Nc2cc(C(F)(F)F)cn(C)c2=O)ccc1Oc1ccnc(C(=O)NC)c1. The van der Waals surface area contributed by atoms with Gasteiger partial charge in [0.25, 0.3) is 11.5 Å². The fraction of sp³-hybridized carbons (Fsp3) is 0.250. The van der Waals surface area contributed by atoms with Crippen molar-refractivity contribution in [2.24, 2.45) is 7.05 Å². The maximum Gasteiger partial charge on any atom is 0.417 e. The first-order valence-electron chi connectivity index (χ1n) is 10.8. The Morgan fingerprint density at radius 2 is 1.89 bits per heavy atom. The molecule has 2 aromatic heterocycles. The lowest BCUT2D eigenvalue weighted by atomic mass is 10.1. The van der Waals surface area contributed by atoms with Gasteiger partial charge in [0.2, 0.25) is 0 Å². The van der Waals surface area contributed by atoms with Crippen molar-refractivity contribution in [3.63, 3.8) is 0 Å². The molecule has 1 aromatic carbocycles. The van der Waals surface area contributed by atoms with E-state index in [1.165, 1.54) is 26.4 Å². The number of urea groups is 1. The Hall–Kier alpha value is -4.35. The molecule has 3 aromatic rings. The fourth-order valence-corrected chi connectivity index (χ4v) is 3.28. The third-order valence-corrected chi connectivity index (χ3v) is 5.14. The van der Waals surface area contributed by atoms with E-state index < -0.39 is 29.0 Å². The molecule has 0 aliphatic heterocycles. The molecule has 3 amide bonds. The highest BCUT2D eigenvalue weighted by atomic mass is 19.4. The van der Waals surface area contributed by atoms with Gasteiger partial charge in [0.1, 0.15) is 22.9 Å². The van der Waals surface area contributed by atoms with Crippen molar-refractivity contribution < 1.29 is 27.5 Å². The Labute approximate surface area is 204 Å². The number of halogens is 3. The number of benzene rings is 1. The van der Waals surface area contributed by atoms with E-state index in [2.05, 4.69) is 20.9 Å². The van der Waals surface area contributed by atoms with Crippen LogP contribution in [0, 0.1) is 0 Å². The van der Waals surface area contributed by atoms with Gasteiger partial charge in [-0.05, 0) is 35.7 Å². The summed E-state index contributed by atoms with van der Waals surface area (Å²) in [5.41, 5.74) is -0.595. The highest BCUT2D eigenvalue weighted by Gasteiger charge is 2.32. The molecule has 0 saturated carbocycles. The lowest BCUT2D eigenvalue weighted by Gasteiger charge is -2.14. The summed E-state index contributed by atoms with van der Waals surface area (Å²) in [6.45, 7) is 1.96. The number of nitrogens with one attached hydrogen (secondary N) is 3. The lowest BCUT2D eigenvalue weighted by Crippen LogP contribution is -2.32. The number of aromatic nitrogens is 2. The number of rotatable bonds is 7. The molecule has 3 rings (SSSR count). The molecule has 36 heavy (non-hydrogen) atoms. The van der Waals surface area contributed by atoms with Gasteiger partial charge in [-0.1, -0.05) is 19.1 Å². The minimum Gasteiger partial charge on any atom is -0.457 e. The van der Waals surface area contributed by atoms with E-state index in [9.17, 15) is 27.6 Å². The van der Waals surface area contributed by atoms with E-state index in [0.717, 1.165) is 10.1 Å². The van der Waals surface area contributed by atoms with Crippen molar-refractivity contribution in [2.45, 2.75) is 26.1 Å². The number of pyridine rings is 2. The van der Waals surface area contributed by atoms with Crippen LogP contribution in [0.1, 0.15) is 34.1 Å². The molecular weight excluding hydrogens is 479 g/mol. The van der Waals surface area contributed by atoms with Crippen molar-refractivity contribution in [1.82, 2.24) is 20.2 Å². The summed E-state index contributed by atoms with van der Waals surface area (Å²) >= 11 is 0. The fourth-order valence-electron chi connectivity index (χ4n) is 3.28. The number of alkyl halides is 3. The smallest absolute Gasteiger partial charge is 0.417 e. The van der Waals surface area contributed by atoms with Crippen molar-refractivity contribution in [2.75, 3.05) is 12.4 Å². The van der Waals surface area contributed by atoms with Gasteiger partial charge < -0.3 is 25.3 Å². The largest absolute Gasteiger partial charge is 0.457 e. The molecule has 3 N–H and O–H groups in total. The molecule has 9 nitrogen and oxygen atoms in total. The second-order valence-electron chi connectivity index (χ2n) is 7.72. The van der Waals surface area contributed by atoms with Gasteiger partial charge >= 0.3 is 12.2 Å². The molecule has 0 saturated heterocycles. The first kappa shape index (κ1) is 26.3. The number of carbonyl (C=O) groups is 2. The number of anilines is 1. The zero-order valence-corrected chi connectivity index (χ0v) is 19.7. The third-order valence-electron chi connectivity index (χ3n) is 5.14. The number of aryl methyl sites for hydroxylation is 2. The first-order valence-corrected chi connectivity index (χ1v) is 10.8. The first-order chi connectivity index (χ1) is 17.0. The van der Waals surface area contributed by atoms with E-state index in [-0.39, 0.29) is 18.1 Å². The second-order valence-corrected chi connectivity index (χ2v) is 7.72. The Kier molecular flexibility index (Phi) is 7.97. The predicted octanol–water partition coefficient (Wildman–Crippen LogP) is 3.84. The summed E-state index contributed by atoms with van der Waals surface area (Å²) in [7, 11) is 2.67. The third kappa shape index (κ3) is 6.40. The quantitative estimate of drug-likeness (QED) is 0.453.